The molecule has 0 saturated heterocycles. The van der Waals surface area contributed by atoms with Gasteiger partial charge in [0.25, 0.3) is 0 Å². The SMILES string of the molecule is CCC(CO)(CO)NC(=O)C1(N)CC1. The number of nitrogens with one attached hydrogen (secondary N) is 1. The summed E-state index contributed by atoms with van der Waals surface area (Å²) in [5, 5.41) is 20.8. The van der Waals surface area contributed by atoms with Gasteiger partial charge in [0, 0.05) is 0 Å². The van der Waals surface area contributed by atoms with E-state index in [2.05, 4.69) is 5.32 Å². The second kappa shape index (κ2) is 3.84. The van der Waals surface area contributed by atoms with Crippen molar-refractivity contribution in [3.8, 4) is 0 Å². The molecule has 82 valence electrons. The van der Waals surface area contributed by atoms with E-state index in [1.165, 1.54) is 0 Å². The Morgan fingerprint density at radius 1 is 1.50 bits per heavy atom. The van der Waals surface area contributed by atoms with Crippen molar-refractivity contribution in [3.05, 3.63) is 0 Å². The van der Waals surface area contributed by atoms with Crippen LogP contribution in [0, 0.1) is 0 Å². The van der Waals surface area contributed by atoms with E-state index < -0.39 is 11.1 Å². The van der Waals surface area contributed by atoms with Gasteiger partial charge in [-0.05, 0) is 19.3 Å². The van der Waals surface area contributed by atoms with E-state index in [4.69, 9.17) is 15.9 Å². The number of carbonyl (C=O) groups excluding carboxylic acids is 1. The first-order chi connectivity index (χ1) is 6.52. The van der Waals surface area contributed by atoms with E-state index in [1.807, 2.05) is 0 Å². The van der Waals surface area contributed by atoms with Gasteiger partial charge in [0.15, 0.2) is 0 Å². The minimum atomic E-state index is -0.925. The smallest absolute Gasteiger partial charge is 0.240 e. The topological polar surface area (TPSA) is 95.6 Å². The number of aliphatic hydroxyl groups excluding tert-OH is 2. The molecule has 0 aromatic rings. The number of aliphatic hydroxyl groups is 2. The molecule has 1 amide bonds. The summed E-state index contributed by atoms with van der Waals surface area (Å²) in [5.74, 6) is -0.276. The van der Waals surface area contributed by atoms with Gasteiger partial charge in [-0.3, -0.25) is 4.79 Å². The van der Waals surface area contributed by atoms with E-state index in [0.717, 1.165) is 0 Å². The summed E-state index contributed by atoms with van der Waals surface area (Å²) in [5.41, 5.74) is 4.00. The van der Waals surface area contributed by atoms with Crippen molar-refractivity contribution >= 4 is 5.91 Å². The van der Waals surface area contributed by atoms with Crippen molar-refractivity contribution in [1.82, 2.24) is 5.32 Å². The lowest BCUT2D eigenvalue weighted by atomic mass is 9.97. The van der Waals surface area contributed by atoms with Crippen molar-refractivity contribution in [2.45, 2.75) is 37.3 Å². The highest BCUT2D eigenvalue weighted by Crippen LogP contribution is 2.32. The first-order valence-electron chi connectivity index (χ1n) is 4.85. The highest BCUT2D eigenvalue weighted by atomic mass is 16.3. The Morgan fingerprint density at radius 2 is 2.00 bits per heavy atom. The van der Waals surface area contributed by atoms with E-state index in [-0.39, 0.29) is 19.1 Å². The van der Waals surface area contributed by atoms with Gasteiger partial charge in [-0.1, -0.05) is 6.92 Å². The molecular weight excluding hydrogens is 184 g/mol. The number of amides is 1. The average Bonchev–Trinajstić information content (AvgIpc) is 2.94. The molecule has 5 nitrogen and oxygen atoms in total. The van der Waals surface area contributed by atoms with Gasteiger partial charge in [0.1, 0.15) is 0 Å². The quantitative estimate of drug-likeness (QED) is 0.447. The van der Waals surface area contributed by atoms with Gasteiger partial charge < -0.3 is 21.3 Å². The zero-order valence-electron chi connectivity index (χ0n) is 8.42. The second-order valence-electron chi connectivity index (χ2n) is 4.06. The van der Waals surface area contributed by atoms with Crippen molar-refractivity contribution in [2.75, 3.05) is 13.2 Å². The Labute approximate surface area is 83.3 Å². The number of hydrogen-bond donors (Lipinski definition) is 4. The summed E-state index contributed by atoms with van der Waals surface area (Å²) in [6.45, 7) is 1.24. The lowest BCUT2D eigenvalue weighted by molar-refractivity contribution is -0.126. The van der Waals surface area contributed by atoms with Crippen LogP contribution in [0.15, 0.2) is 0 Å². The molecule has 0 atom stereocenters. The van der Waals surface area contributed by atoms with Crippen LogP contribution >= 0.6 is 0 Å². The van der Waals surface area contributed by atoms with Crippen molar-refractivity contribution < 1.29 is 15.0 Å². The molecule has 0 unspecified atom stereocenters. The zero-order chi connectivity index (χ0) is 10.8. The summed E-state index contributed by atoms with van der Waals surface area (Å²) in [7, 11) is 0. The minimum absolute atomic E-state index is 0.276. The number of rotatable bonds is 5. The third kappa shape index (κ3) is 2.05. The van der Waals surface area contributed by atoms with Crippen LogP contribution in [0.3, 0.4) is 0 Å². The van der Waals surface area contributed by atoms with E-state index >= 15 is 0 Å². The van der Waals surface area contributed by atoms with Crippen LogP contribution in [0.2, 0.25) is 0 Å². The van der Waals surface area contributed by atoms with E-state index in [0.29, 0.717) is 19.3 Å². The molecule has 5 heteroatoms. The van der Waals surface area contributed by atoms with Crippen LogP contribution in [-0.2, 0) is 4.79 Å². The molecule has 0 spiro atoms. The Hall–Kier alpha value is -0.650. The summed E-state index contributed by atoms with van der Waals surface area (Å²) in [4.78, 5) is 11.6. The molecule has 1 fully saturated rings. The molecule has 14 heavy (non-hydrogen) atoms. The van der Waals surface area contributed by atoms with Crippen LogP contribution < -0.4 is 11.1 Å². The first kappa shape index (κ1) is 11.4. The third-order valence-electron chi connectivity index (χ3n) is 2.90. The third-order valence-corrected chi connectivity index (χ3v) is 2.90. The van der Waals surface area contributed by atoms with Crippen LogP contribution in [0.1, 0.15) is 26.2 Å². The summed E-state index contributed by atoms with van der Waals surface area (Å²) >= 11 is 0. The van der Waals surface area contributed by atoms with Crippen LogP contribution in [0.25, 0.3) is 0 Å². The van der Waals surface area contributed by atoms with Gasteiger partial charge in [-0.25, -0.2) is 0 Å². The van der Waals surface area contributed by atoms with Crippen molar-refractivity contribution in [2.24, 2.45) is 5.73 Å². The van der Waals surface area contributed by atoms with E-state index in [1.54, 1.807) is 6.92 Å². The van der Waals surface area contributed by atoms with Crippen molar-refractivity contribution in [1.29, 1.82) is 0 Å². The molecule has 0 aromatic carbocycles. The molecular formula is C9H18N2O3. The maximum Gasteiger partial charge on any atom is 0.240 e. The second-order valence-corrected chi connectivity index (χ2v) is 4.06. The van der Waals surface area contributed by atoms with Gasteiger partial charge in [-0.2, -0.15) is 0 Å². The summed E-state index contributed by atoms with van der Waals surface area (Å²) in [6.07, 6.45) is 1.83. The van der Waals surface area contributed by atoms with E-state index in [9.17, 15) is 4.79 Å². The molecule has 1 aliphatic carbocycles. The van der Waals surface area contributed by atoms with Gasteiger partial charge in [0.05, 0.1) is 24.3 Å². The monoisotopic (exact) mass is 202 g/mol. The minimum Gasteiger partial charge on any atom is -0.394 e. The Kier molecular flexibility index (Phi) is 3.14. The largest absolute Gasteiger partial charge is 0.394 e. The molecule has 0 heterocycles. The normalized spacial score (nSPS) is 19.1. The molecule has 1 rings (SSSR count). The van der Waals surface area contributed by atoms with Gasteiger partial charge in [-0.15, -0.1) is 0 Å². The lowest BCUT2D eigenvalue weighted by Gasteiger charge is -2.30. The van der Waals surface area contributed by atoms with Crippen molar-refractivity contribution in [3.63, 3.8) is 0 Å². The molecule has 0 aliphatic heterocycles. The summed E-state index contributed by atoms with van der Waals surface area (Å²) < 4.78 is 0. The maximum atomic E-state index is 11.6. The Bertz CT molecular complexity index is 214. The summed E-state index contributed by atoms with van der Waals surface area (Å²) in [6, 6.07) is 0. The highest BCUT2D eigenvalue weighted by Gasteiger charge is 2.48. The molecule has 5 N–H and O–H groups in total. The molecule has 1 saturated carbocycles. The molecule has 0 aromatic heterocycles. The predicted octanol–water partition coefficient (Wildman–Crippen LogP) is -1.27. The molecule has 1 aliphatic rings. The number of hydrogen-bond acceptors (Lipinski definition) is 4. The van der Waals surface area contributed by atoms with Crippen LogP contribution in [-0.4, -0.2) is 40.4 Å². The maximum absolute atomic E-state index is 11.6. The predicted molar refractivity (Wildman–Crippen MR) is 51.5 cm³/mol. The first-order valence-corrected chi connectivity index (χ1v) is 4.85. The van der Waals surface area contributed by atoms with Gasteiger partial charge >= 0.3 is 0 Å². The lowest BCUT2D eigenvalue weighted by Crippen LogP contribution is -2.58. The highest BCUT2D eigenvalue weighted by molar-refractivity contribution is 5.89. The fourth-order valence-corrected chi connectivity index (χ4v) is 1.17. The molecule has 0 radical (unpaired) electrons. The van der Waals surface area contributed by atoms with Gasteiger partial charge in [0.2, 0.25) is 5.91 Å². The molecule has 0 bridgehead atoms. The fourth-order valence-electron chi connectivity index (χ4n) is 1.17. The standard InChI is InChI=1S/C9H18N2O3/c1-2-8(5-12,6-13)11-7(14)9(10)3-4-9/h12-13H,2-6,10H2,1H3,(H,11,14). The fraction of sp³-hybridized carbons (Fsp3) is 0.889. The van der Waals surface area contributed by atoms with Crippen LogP contribution in [0.5, 0.6) is 0 Å². The number of nitrogens with two attached hydrogens (primary N) is 1. The Balaban J connectivity index is 2.59. The van der Waals surface area contributed by atoms with Crippen LogP contribution in [0.4, 0.5) is 0 Å². The number of carbonyl (C=O) groups is 1. The zero-order valence-corrected chi connectivity index (χ0v) is 8.42. The Morgan fingerprint density at radius 3 is 2.29 bits per heavy atom. The average molecular weight is 202 g/mol.